The van der Waals surface area contributed by atoms with E-state index in [-0.39, 0.29) is 5.91 Å². The lowest BCUT2D eigenvalue weighted by Crippen LogP contribution is -2.26. The van der Waals surface area contributed by atoms with Crippen molar-refractivity contribution in [1.29, 1.82) is 0 Å². The molecule has 4 rings (SSSR count). The number of hydrogen-bond donors (Lipinski definition) is 3. The second kappa shape index (κ2) is 5.97. The molecule has 1 aromatic heterocycles. The van der Waals surface area contributed by atoms with Gasteiger partial charge in [0.2, 0.25) is 0 Å². The molecule has 2 aromatic carbocycles. The molecule has 0 fully saturated rings. The van der Waals surface area contributed by atoms with Crippen LogP contribution in [0.1, 0.15) is 28.4 Å². The highest BCUT2D eigenvalue weighted by Gasteiger charge is 2.26. The zero-order valence-corrected chi connectivity index (χ0v) is 14.5. The maximum absolute atomic E-state index is 13.0. The molecule has 1 aliphatic rings. The smallest absolute Gasteiger partial charge is 0.256 e. The number of hydrogen-bond acceptors (Lipinski definition) is 4. The van der Waals surface area contributed by atoms with E-state index >= 15 is 0 Å². The van der Waals surface area contributed by atoms with Gasteiger partial charge in [-0.05, 0) is 42.3 Å². The Hall–Kier alpha value is -2.73. The van der Waals surface area contributed by atoms with Gasteiger partial charge in [0, 0.05) is 35.7 Å². The summed E-state index contributed by atoms with van der Waals surface area (Å²) in [5.41, 5.74) is 10.1. The van der Waals surface area contributed by atoms with Crippen LogP contribution < -0.4 is 11.1 Å². The second-order valence-electron chi connectivity index (χ2n) is 6.16. The molecular weight excluding hydrogens is 338 g/mol. The molecule has 1 aliphatic heterocycles. The number of H-pyrrole nitrogens is 1. The third-order valence-corrected chi connectivity index (χ3v) is 4.72. The Balaban J connectivity index is 1.68. The van der Waals surface area contributed by atoms with Crippen molar-refractivity contribution in [1.82, 2.24) is 15.1 Å². The minimum absolute atomic E-state index is 0.0876. The number of nitrogens with one attached hydrogen (secondary N) is 2. The number of amides is 1. The molecule has 0 unspecified atom stereocenters. The van der Waals surface area contributed by atoms with Crippen LogP contribution in [0.5, 0.6) is 0 Å². The SMILES string of the molecule is CCNc1n[nH]c2cc(N)c(C(=O)N3Cc4ccc(Cl)cc4C3)cc12. The van der Waals surface area contributed by atoms with Crippen LogP contribution in [-0.2, 0) is 13.1 Å². The van der Waals surface area contributed by atoms with E-state index in [0.29, 0.717) is 29.4 Å². The molecule has 0 aliphatic carbocycles. The highest BCUT2D eigenvalue weighted by molar-refractivity contribution is 6.30. The van der Waals surface area contributed by atoms with Gasteiger partial charge in [-0.1, -0.05) is 17.7 Å². The van der Waals surface area contributed by atoms with Crippen molar-refractivity contribution < 1.29 is 4.79 Å². The van der Waals surface area contributed by atoms with Crippen molar-refractivity contribution in [3.05, 3.63) is 52.0 Å². The molecule has 0 bridgehead atoms. The highest BCUT2D eigenvalue weighted by Crippen LogP contribution is 2.30. The maximum atomic E-state index is 13.0. The van der Waals surface area contributed by atoms with Crippen LogP contribution in [0.4, 0.5) is 11.5 Å². The fourth-order valence-corrected chi connectivity index (χ4v) is 3.44. The number of nitrogens with zero attached hydrogens (tertiary/aromatic N) is 2. The zero-order chi connectivity index (χ0) is 17.6. The van der Waals surface area contributed by atoms with Gasteiger partial charge in [0.05, 0.1) is 11.1 Å². The molecule has 25 heavy (non-hydrogen) atoms. The predicted molar refractivity (Wildman–Crippen MR) is 99.7 cm³/mol. The number of nitrogen functional groups attached to an aromatic ring is 1. The predicted octanol–water partition coefficient (Wildman–Crippen LogP) is 3.39. The molecule has 6 nitrogen and oxygen atoms in total. The van der Waals surface area contributed by atoms with E-state index in [9.17, 15) is 4.79 Å². The Morgan fingerprint density at radius 2 is 2.12 bits per heavy atom. The number of carbonyl (C=O) groups excluding carboxylic acids is 1. The van der Waals surface area contributed by atoms with E-state index in [4.69, 9.17) is 17.3 Å². The fraction of sp³-hybridized carbons (Fsp3) is 0.222. The average Bonchev–Trinajstić information content (AvgIpc) is 3.17. The van der Waals surface area contributed by atoms with Crippen LogP contribution in [0, 0.1) is 0 Å². The van der Waals surface area contributed by atoms with E-state index < -0.39 is 0 Å². The average molecular weight is 356 g/mol. The molecule has 3 aromatic rings. The third-order valence-electron chi connectivity index (χ3n) is 4.49. The van der Waals surface area contributed by atoms with Crippen LogP contribution in [0.3, 0.4) is 0 Å². The van der Waals surface area contributed by atoms with Crippen LogP contribution >= 0.6 is 11.6 Å². The Bertz CT molecular complexity index is 981. The Morgan fingerprint density at radius 1 is 1.32 bits per heavy atom. The number of aromatic nitrogens is 2. The molecule has 2 heterocycles. The number of carbonyl (C=O) groups is 1. The van der Waals surface area contributed by atoms with Gasteiger partial charge >= 0.3 is 0 Å². The fourth-order valence-electron chi connectivity index (χ4n) is 3.25. The summed E-state index contributed by atoms with van der Waals surface area (Å²) in [5, 5.41) is 11.9. The lowest BCUT2D eigenvalue weighted by Gasteiger charge is -2.17. The highest BCUT2D eigenvalue weighted by atomic mass is 35.5. The molecular formula is C18H18ClN5O. The van der Waals surface area contributed by atoms with Gasteiger partial charge in [0.15, 0.2) is 5.82 Å². The standard InChI is InChI=1S/C18H18ClN5O/c1-2-21-17-14-6-13(15(20)7-16(14)22-23-17)18(25)24-8-10-3-4-12(19)5-11(10)9-24/h3-7H,2,8-9,20H2,1H3,(H2,21,22,23). The summed E-state index contributed by atoms with van der Waals surface area (Å²) in [6, 6.07) is 9.30. The van der Waals surface area contributed by atoms with Crippen molar-refractivity contribution in [2.45, 2.75) is 20.0 Å². The van der Waals surface area contributed by atoms with Crippen molar-refractivity contribution in [3.8, 4) is 0 Å². The van der Waals surface area contributed by atoms with Crippen molar-refractivity contribution >= 4 is 39.9 Å². The summed E-state index contributed by atoms with van der Waals surface area (Å²) < 4.78 is 0. The molecule has 0 saturated carbocycles. The van der Waals surface area contributed by atoms with Crippen LogP contribution in [0.15, 0.2) is 30.3 Å². The first-order valence-corrected chi connectivity index (χ1v) is 8.52. The van der Waals surface area contributed by atoms with Gasteiger partial charge in [-0.25, -0.2) is 0 Å². The van der Waals surface area contributed by atoms with Gasteiger partial charge in [-0.2, -0.15) is 5.10 Å². The summed E-state index contributed by atoms with van der Waals surface area (Å²) in [7, 11) is 0. The van der Waals surface area contributed by atoms with E-state index in [1.165, 1.54) is 0 Å². The molecule has 0 radical (unpaired) electrons. The summed E-state index contributed by atoms with van der Waals surface area (Å²) in [5.74, 6) is 0.637. The Morgan fingerprint density at radius 3 is 2.92 bits per heavy atom. The van der Waals surface area contributed by atoms with Crippen LogP contribution in [-0.4, -0.2) is 27.5 Å². The molecule has 0 spiro atoms. The Labute approximate surface area is 150 Å². The van der Waals surface area contributed by atoms with Crippen LogP contribution in [0.2, 0.25) is 5.02 Å². The molecule has 7 heteroatoms. The number of aromatic amines is 1. The first kappa shape index (κ1) is 15.8. The largest absolute Gasteiger partial charge is 0.398 e. The van der Waals surface area contributed by atoms with Crippen molar-refractivity contribution in [2.24, 2.45) is 0 Å². The molecule has 1 amide bonds. The number of benzene rings is 2. The number of nitrogens with two attached hydrogens (primary N) is 1. The number of fused-ring (bicyclic) bond motifs is 2. The minimum atomic E-state index is -0.0876. The van der Waals surface area contributed by atoms with Crippen molar-refractivity contribution in [3.63, 3.8) is 0 Å². The zero-order valence-electron chi connectivity index (χ0n) is 13.8. The lowest BCUT2D eigenvalue weighted by atomic mass is 10.1. The van der Waals surface area contributed by atoms with Gasteiger partial charge in [-0.3, -0.25) is 9.89 Å². The van der Waals surface area contributed by atoms with E-state index in [1.807, 2.05) is 31.2 Å². The van der Waals surface area contributed by atoms with Gasteiger partial charge in [0.25, 0.3) is 5.91 Å². The van der Waals surface area contributed by atoms with E-state index in [2.05, 4.69) is 15.5 Å². The van der Waals surface area contributed by atoms with Crippen molar-refractivity contribution in [2.75, 3.05) is 17.6 Å². The monoisotopic (exact) mass is 355 g/mol. The summed E-state index contributed by atoms with van der Waals surface area (Å²) >= 11 is 6.05. The molecule has 0 saturated heterocycles. The van der Waals surface area contributed by atoms with E-state index in [0.717, 1.165) is 34.4 Å². The maximum Gasteiger partial charge on any atom is 0.256 e. The normalized spacial score (nSPS) is 13.3. The first-order chi connectivity index (χ1) is 12.1. The van der Waals surface area contributed by atoms with Gasteiger partial charge in [-0.15, -0.1) is 0 Å². The summed E-state index contributed by atoms with van der Waals surface area (Å²) in [6.07, 6.45) is 0. The molecule has 4 N–H and O–H groups in total. The summed E-state index contributed by atoms with van der Waals surface area (Å²) in [4.78, 5) is 14.8. The number of halogens is 1. The summed E-state index contributed by atoms with van der Waals surface area (Å²) in [6.45, 7) is 3.85. The first-order valence-electron chi connectivity index (χ1n) is 8.15. The van der Waals surface area contributed by atoms with E-state index in [1.54, 1.807) is 11.0 Å². The Kier molecular flexibility index (Phi) is 3.77. The van der Waals surface area contributed by atoms with Crippen LogP contribution in [0.25, 0.3) is 10.9 Å². The topological polar surface area (TPSA) is 87.0 Å². The third kappa shape index (κ3) is 2.68. The minimum Gasteiger partial charge on any atom is -0.398 e. The lowest BCUT2D eigenvalue weighted by molar-refractivity contribution is 0.0752. The van der Waals surface area contributed by atoms with Gasteiger partial charge < -0.3 is 16.0 Å². The van der Waals surface area contributed by atoms with Gasteiger partial charge in [0.1, 0.15) is 0 Å². The number of rotatable bonds is 3. The number of anilines is 2. The molecule has 128 valence electrons. The quantitative estimate of drug-likeness (QED) is 0.628. The second-order valence-corrected chi connectivity index (χ2v) is 6.60. The molecule has 0 atom stereocenters.